The molecule has 348 valence electrons. The minimum absolute atomic E-state index is 0.143. The third-order valence-corrected chi connectivity index (χ3v) is 9.22. The van der Waals surface area contributed by atoms with E-state index in [0.29, 0.717) is 19.4 Å². The highest BCUT2D eigenvalue weighted by atomic mass is 16.4. The number of aliphatic hydroxyl groups is 1. The van der Waals surface area contributed by atoms with Crippen molar-refractivity contribution < 1.29 is 58.2 Å². The minimum Gasteiger partial charge on any atom is -0.480 e. The molecule has 7 atom stereocenters. The normalized spacial score (nSPS) is 14.6. The Balaban J connectivity index is 5.14. The molecule has 0 unspecified atom stereocenters. The van der Waals surface area contributed by atoms with Gasteiger partial charge in [-0.25, -0.2) is 4.79 Å². The number of carbonyl (C=O) groups excluding carboxylic acids is 9. The third-order valence-electron chi connectivity index (χ3n) is 9.22. The largest absolute Gasteiger partial charge is 0.480 e. The molecule has 0 spiro atoms. The van der Waals surface area contributed by atoms with Gasteiger partial charge < -0.3 is 69.5 Å². The number of carboxylic acids is 1. The summed E-state index contributed by atoms with van der Waals surface area (Å²) in [6, 6.07) is -8.14. The Labute approximate surface area is 356 Å². The Morgan fingerprint density at radius 2 is 0.902 bits per heavy atom. The number of nitrogens with one attached hydrogen (secondary N) is 9. The number of aliphatic hydroxyl groups excluding tert-OH is 1. The van der Waals surface area contributed by atoms with Gasteiger partial charge in [0, 0.05) is 0 Å². The number of rotatable bonds is 28. The number of unbranched alkanes of at least 4 members (excludes halogenated alkanes) is 1. The Morgan fingerprint density at radius 3 is 1.34 bits per heavy atom. The van der Waals surface area contributed by atoms with Gasteiger partial charge in [0.05, 0.1) is 32.3 Å². The van der Waals surface area contributed by atoms with Gasteiger partial charge in [-0.15, -0.1) is 0 Å². The first-order chi connectivity index (χ1) is 28.4. The van der Waals surface area contributed by atoms with Gasteiger partial charge in [0.2, 0.25) is 53.2 Å². The second kappa shape index (κ2) is 28.2. The van der Waals surface area contributed by atoms with E-state index in [-0.39, 0.29) is 18.3 Å². The first-order valence-corrected chi connectivity index (χ1v) is 20.3. The fraction of sp³-hybridized carbons (Fsp3) is 0.737. The van der Waals surface area contributed by atoms with Crippen LogP contribution in [0.15, 0.2) is 0 Å². The fourth-order valence-corrected chi connectivity index (χ4v) is 5.31. The zero-order valence-corrected chi connectivity index (χ0v) is 36.6. The molecule has 23 nitrogen and oxygen atoms in total. The van der Waals surface area contributed by atoms with Crippen LogP contribution in [0.2, 0.25) is 0 Å². The highest BCUT2D eigenvalue weighted by Gasteiger charge is 2.33. The molecule has 0 radical (unpaired) electrons. The molecule has 0 aromatic carbocycles. The van der Waals surface area contributed by atoms with Crippen LogP contribution in [-0.4, -0.2) is 144 Å². The lowest BCUT2D eigenvalue weighted by Crippen LogP contribution is -2.59. The molecule has 0 aromatic rings. The first kappa shape index (κ1) is 55.6. The third kappa shape index (κ3) is 21.1. The lowest BCUT2D eigenvalue weighted by molar-refractivity contribution is -0.142. The van der Waals surface area contributed by atoms with Crippen molar-refractivity contribution in [3.05, 3.63) is 0 Å². The van der Waals surface area contributed by atoms with Gasteiger partial charge in [0.1, 0.15) is 36.3 Å². The maximum absolute atomic E-state index is 13.1. The van der Waals surface area contributed by atoms with E-state index >= 15 is 0 Å². The molecule has 0 rings (SSSR count). The molecule has 61 heavy (non-hydrogen) atoms. The number of carboxylic acid groups (broad SMARTS) is 1. The molecule has 0 aliphatic rings. The van der Waals surface area contributed by atoms with E-state index in [1.54, 1.807) is 55.4 Å². The van der Waals surface area contributed by atoms with Crippen LogP contribution in [0.3, 0.4) is 0 Å². The molecular formula is C38H69N11O12. The molecule has 9 amide bonds. The topological polar surface area (TPSA) is 371 Å². The predicted octanol–water partition coefficient (Wildman–Crippen LogP) is -4.58. The standard InChI is InChI=1S/C38H69N11O12/c1-18(2)28(40)34(56)48-31(21(7)8)37(59)49-30(20(5)6)36(58)42-14-25(51)44-22(9)32(54)46-24(17-50)33(55)41-16-27(53)47-29(19(3)4)35(57)43-15-26(52)45-23(38(60)61)12-10-11-13-39/h18-24,28-31,50H,10-17,39-40H2,1-9H3,(H,41,55)(H,42,58)(H,43,57)(H,44,51)(H,45,52)(H,46,54)(H,47,53)(H,48,56)(H,49,59)(H,60,61)/t22-,23-,24-,28-,29-,30-,31-/m0/s1. The average Bonchev–Trinajstić information content (AvgIpc) is 3.18. The monoisotopic (exact) mass is 872 g/mol. The predicted molar refractivity (Wildman–Crippen MR) is 221 cm³/mol. The number of hydrogen-bond acceptors (Lipinski definition) is 13. The molecule has 23 heteroatoms. The summed E-state index contributed by atoms with van der Waals surface area (Å²) in [5.74, 6) is -9.64. The molecule has 0 aliphatic heterocycles. The number of carbonyl (C=O) groups is 10. The van der Waals surface area contributed by atoms with Crippen LogP contribution >= 0.6 is 0 Å². The lowest BCUT2D eigenvalue weighted by atomic mass is 9.98. The highest BCUT2D eigenvalue weighted by Crippen LogP contribution is 2.09. The van der Waals surface area contributed by atoms with E-state index in [0.717, 1.165) is 0 Å². The summed E-state index contributed by atoms with van der Waals surface area (Å²) in [6.07, 6.45) is 1.18. The number of aliphatic carboxylic acids is 1. The highest BCUT2D eigenvalue weighted by molar-refractivity contribution is 5.97. The fourth-order valence-electron chi connectivity index (χ4n) is 5.31. The smallest absolute Gasteiger partial charge is 0.326 e. The van der Waals surface area contributed by atoms with Crippen LogP contribution in [0.5, 0.6) is 0 Å². The van der Waals surface area contributed by atoms with Gasteiger partial charge in [-0.2, -0.15) is 0 Å². The first-order valence-electron chi connectivity index (χ1n) is 20.3. The van der Waals surface area contributed by atoms with Crippen molar-refractivity contribution in [3.63, 3.8) is 0 Å². The van der Waals surface area contributed by atoms with Gasteiger partial charge in [0.15, 0.2) is 0 Å². The second-order valence-corrected chi connectivity index (χ2v) is 15.9. The minimum atomic E-state index is -1.57. The molecule has 0 saturated heterocycles. The van der Waals surface area contributed by atoms with Gasteiger partial charge >= 0.3 is 5.97 Å². The quantitative estimate of drug-likeness (QED) is 0.0330. The number of amides is 9. The molecule has 0 heterocycles. The summed E-state index contributed by atoms with van der Waals surface area (Å²) in [5, 5.41) is 40.6. The Hall–Kier alpha value is -5.42. The summed E-state index contributed by atoms with van der Waals surface area (Å²) < 4.78 is 0. The number of nitrogens with two attached hydrogens (primary N) is 2. The van der Waals surface area contributed by atoms with E-state index in [2.05, 4.69) is 47.9 Å². The molecule has 0 fully saturated rings. The van der Waals surface area contributed by atoms with E-state index in [4.69, 9.17) is 11.5 Å². The van der Waals surface area contributed by atoms with Gasteiger partial charge in [0.25, 0.3) is 0 Å². The zero-order chi connectivity index (χ0) is 47.1. The van der Waals surface area contributed by atoms with Gasteiger partial charge in [-0.3, -0.25) is 43.2 Å². The molecule has 0 bridgehead atoms. The maximum Gasteiger partial charge on any atom is 0.326 e. The summed E-state index contributed by atoms with van der Waals surface area (Å²) in [6.45, 7) is 12.3. The van der Waals surface area contributed by atoms with Crippen molar-refractivity contribution in [3.8, 4) is 0 Å². The average molecular weight is 872 g/mol. The maximum atomic E-state index is 13.1. The number of hydrogen-bond donors (Lipinski definition) is 13. The van der Waals surface area contributed by atoms with Crippen molar-refractivity contribution in [1.82, 2.24) is 47.9 Å². The zero-order valence-electron chi connectivity index (χ0n) is 36.6. The van der Waals surface area contributed by atoms with Crippen molar-refractivity contribution in [2.24, 2.45) is 35.1 Å². The lowest BCUT2D eigenvalue weighted by Gasteiger charge is -2.28. The van der Waals surface area contributed by atoms with E-state index in [9.17, 15) is 58.2 Å². The molecule has 15 N–H and O–H groups in total. The van der Waals surface area contributed by atoms with Crippen molar-refractivity contribution in [2.45, 2.75) is 124 Å². The van der Waals surface area contributed by atoms with Gasteiger partial charge in [-0.1, -0.05) is 55.4 Å². The Bertz CT molecular complexity index is 1530. The van der Waals surface area contributed by atoms with E-state index in [1.165, 1.54) is 6.92 Å². The summed E-state index contributed by atoms with van der Waals surface area (Å²) in [7, 11) is 0. The van der Waals surface area contributed by atoms with Gasteiger partial charge in [-0.05, 0) is 56.4 Å². The van der Waals surface area contributed by atoms with Crippen LogP contribution in [-0.2, 0) is 47.9 Å². The van der Waals surface area contributed by atoms with Crippen LogP contribution in [0.4, 0.5) is 0 Å². The summed E-state index contributed by atoms with van der Waals surface area (Å²) >= 11 is 0. The second-order valence-electron chi connectivity index (χ2n) is 15.9. The van der Waals surface area contributed by atoms with Crippen molar-refractivity contribution >= 4 is 59.1 Å². The van der Waals surface area contributed by atoms with Crippen molar-refractivity contribution in [2.75, 3.05) is 32.8 Å². The summed E-state index contributed by atoms with van der Waals surface area (Å²) in [4.78, 5) is 126. The van der Waals surface area contributed by atoms with Crippen molar-refractivity contribution in [1.29, 1.82) is 0 Å². The van der Waals surface area contributed by atoms with E-state index < -0.39 is 140 Å². The van der Waals surface area contributed by atoms with Crippen LogP contribution in [0.25, 0.3) is 0 Å². The molecule has 0 aromatic heterocycles. The SMILES string of the molecule is CC(C)[C@H](N)C(=O)N[C@H](C(=O)N[C@H](C(=O)NCC(=O)N[C@@H](C)C(=O)N[C@@H](CO)C(=O)NCC(=O)N[C@H](C(=O)NCC(=O)N[C@@H](CCCCN)C(=O)O)C(C)C)C(C)C)C(C)C. The van der Waals surface area contributed by atoms with Crippen LogP contribution in [0, 0.1) is 23.7 Å². The van der Waals surface area contributed by atoms with Crippen LogP contribution in [0.1, 0.15) is 81.6 Å². The van der Waals surface area contributed by atoms with E-state index in [1.807, 2.05) is 0 Å². The Kier molecular flexibility index (Phi) is 25.7. The summed E-state index contributed by atoms with van der Waals surface area (Å²) in [5.41, 5.74) is 11.3. The Morgan fingerprint density at radius 1 is 0.475 bits per heavy atom. The van der Waals surface area contributed by atoms with Crippen LogP contribution < -0.4 is 59.3 Å². The molecule has 0 aliphatic carbocycles. The molecule has 0 saturated carbocycles. The molecular weight excluding hydrogens is 802 g/mol.